The molecule has 4 aliphatic rings. The van der Waals surface area contributed by atoms with Crippen LogP contribution in [-0.4, -0.2) is 0 Å². The first-order valence-corrected chi connectivity index (χ1v) is 18.7. The van der Waals surface area contributed by atoms with Crippen LogP contribution in [0.25, 0.3) is 28.0 Å². The number of hydrogen-bond donors (Lipinski definition) is 0. The van der Waals surface area contributed by atoms with E-state index in [1.165, 1.54) is 61.2 Å². The molecule has 0 bridgehead atoms. The number of anilines is 4. The van der Waals surface area contributed by atoms with Crippen LogP contribution >= 0.6 is 0 Å². The second-order valence-electron chi connectivity index (χ2n) is 14.4. The van der Waals surface area contributed by atoms with Gasteiger partial charge in [0.25, 0.3) is 0 Å². The van der Waals surface area contributed by atoms with E-state index in [1.807, 2.05) is 0 Å². The molecule has 10 rings (SSSR count). The summed E-state index contributed by atoms with van der Waals surface area (Å²) in [4.78, 5) is 5.04. The van der Waals surface area contributed by atoms with Crippen molar-refractivity contribution in [3.8, 4) is 11.1 Å². The van der Waals surface area contributed by atoms with Gasteiger partial charge in [-0.1, -0.05) is 134 Å². The van der Waals surface area contributed by atoms with Crippen molar-refractivity contribution in [3.63, 3.8) is 0 Å². The predicted octanol–water partition coefficient (Wildman–Crippen LogP) is 13.5. The SMILES string of the molecule is C1=CCC(c2ccc(N(c3ccc(-c4ccc5ccccc5c4)cc3)c3ccc4c(c3)C3C(C=C4)c4ccccc4N3C3=CCCC=C3)cc2)C=C1. The summed E-state index contributed by atoms with van der Waals surface area (Å²) in [6.07, 6.45) is 24.0. The molecule has 0 amide bonds. The molecule has 2 nitrogen and oxygen atoms in total. The lowest BCUT2D eigenvalue weighted by Crippen LogP contribution is -2.27. The van der Waals surface area contributed by atoms with E-state index in [4.69, 9.17) is 0 Å². The number of fused-ring (bicyclic) bond motifs is 6. The zero-order valence-electron chi connectivity index (χ0n) is 29.1. The van der Waals surface area contributed by atoms with Gasteiger partial charge in [0.05, 0.1) is 6.04 Å². The van der Waals surface area contributed by atoms with Gasteiger partial charge < -0.3 is 9.80 Å². The Balaban J connectivity index is 1.07. The monoisotopic (exact) mass is 668 g/mol. The zero-order valence-corrected chi connectivity index (χ0v) is 29.1. The lowest BCUT2D eigenvalue weighted by atomic mass is 9.82. The Morgan fingerprint density at radius 2 is 1.33 bits per heavy atom. The van der Waals surface area contributed by atoms with Crippen LogP contribution in [0.3, 0.4) is 0 Å². The molecule has 1 heterocycles. The van der Waals surface area contributed by atoms with Crippen LogP contribution in [0.4, 0.5) is 22.7 Å². The molecule has 0 N–H and O–H groups in total. The molecule has 2 heteroatoms. The summed E-state index contributed by atoms with van der Waals surface area (Å²) in [7, 11) is 0. The van der Waals surface area contributed by atoms with Crippen molar-refractivity contribution in [3.05, 3.63) is 210 Å². The van der Waals surface area contributed by atoms with Crippen LogP contribution in [0.15, 0.2) is 188 Å². The molecule has 0 saturated heterocycles. The Morgan fingerprint density at radius 3 is 2.13 bits per heavy atom. The van der Waals surface area contributed by atoms with Crippen molar-refractivity contribution < 1.29 is 0 Å². The van der Waals surface area contributed by atoms with Gasteiger partial charge in [0.2, 0.25) is 0 Å². The van der Waals surface area contributed by atoms with Gasteiger partial charge in [-0.2, -0.15) is 0 Å². The third kappa shape index (κ3) is 5.34. The highest BCUT2D eigenvalue weighted by Crippen LogP contribution is 2.55. The van der Waals surface area contributed by atoms with E-state index in [2.05, 4.69) is 198 Å². The molecule has 0 spiro atoms. The topological polar surface area (TPSA) is 6.48 Å². The van der Waals surface area contributed by atoms with Gasteiger partial charge in [-0.15, -0.1) is 0 Å². The minimum absolute atomic E-state index is 0.192. The fraction of sp³-hybridized carbons (Fsp3) is 0.120. The molecule has 1 aliphatic heterocycles. The maximum atomic E-state index is 2.60. The molecule has 3 aliphatic carbocycles. The molecular formula is C50H40N2. The van der Waals surface area contributed by atoms with Gasteiger partial charge in [-0.25, -0.2) is 0 Å². The smallest absolute Gasteiger partial charge is 0.0702 e. The van der Waals surface area contributed by atoms with E-state index in [-0.39, 0.29) is 6.04 Å². The number of benzene rings is 6. The van der Waals surface area contributed by atoms with Gasteiger partial charge in [-0.3, -0.25) is 0 Å². The van der Waals surface area contributed by atoms with Crippen LogP contribution < -0.4 is 9.80 Å². The van der Waals surface area contributed by atoms with E-state index in [0.717, 1.165) is 30.6 Å². The molecule has 0 aromatic heterocycles. The highest BCUT2D eigenvalue weighted by atomic mass is 15.2. The normalized spacial score (nSPS) is 19.7. The number of nitrogens with zero attached hydrogens (tertiary/aromatic N) is 2. The van der Waals surface area contributed by atoms with E-state index in [1.54, 1.807) is 0 Å². The molecule has 3 unspecified atom stereocenters. The number of hydrogen-bond acceptors (Lipinski definition) is 2. The first-order valence-electron chi connectivity index (χ1n) is 18.7. The second kappa shape index (κ2) is 12.9. The molecule has 250 valence electrons. The highest BCUT2D eigenvalue weighted by molar-refractivity contribution is 5.88. The molecule has 6 aromatic rings. The minimum atomic E-state index is 0.192. The van der Waals surface area contributed by atoms with Crippen molar-refractivity contribution >= 4 is 39.6 Å². The van der Waals surface area contributed by atoms with E-state index >= 15 is 0 Å². The number of rotatable bonds is 6. The van der Waals surface area contributed by atoms with Crippen LogP contribution in [0.2, 0.25) is 0 Å². The summed E-state index contributed by atoms with van der Waals surface area (Å²) < 4.78 is 0. The molecular weight excluding hydrogens is 629 g/mol. The summed E-state index contributed by atoms with van der Waals surface area (Å²) in [5, 5.41) is 2.53. The molecule has 52 heavy (non-hydrogen) atoms. The fourth-order valence-electron chi connectivity index (χ4n) is 8.72. The van der Waals surface area contributed by atoms with Gasteiger partial charge in [0.15, 0.2) is 0 Å². The maximum Gasteiger partial charge on any atom is 0.0702 e. The first kappa shape index (κ1) is 30.7. The van der Waals surface area contributed by atoms with Crippen LogP contribution in [0.1, 0.15) is 59.4 Å². The maximum absolute atomic E-state index is 2.60. The second-order valence-corrected chi connectivity index (χ2v) is 14.4. The fourth-order valence-corrected chi connectivity index (χ4v) is 8.72. The third-order valence-corrected chi connectivity index (χ3v) is 11.3. The van der Waals surface area contributed by atoms with Gasteiger partial charge in [0.1, 0.15) is 0 Å². The summed E-state index contributed by atoms with van der Waals surface area (Å²) in [5.41, 5.74) is 14.0. The van der Waals surface area contributed by atoms with E-state index in [9.17, 15) is 0 Å². The van der Waals surface area contributed by atoms with Crippen molar-refractivity contribution in [2.24, 2.45) is 0 Å². The number of allylic oxidation sites excluding steroid dienone is 7. The zero-order chi connectivity index (χ0) is 34.4. The Hall–Kier alpha value is -6.12. The Kier molecular flexibility index (Phi) is 7.61. The first-order chi connectivity index (χ1) is 25.8. The number of para-hydroxylation sites is 1. The predicted molar refractivity (Wildman–Crippen MR) is 220 cm³/mol. The average Bonchev–Trinajstić information content (AvgIpc) is 3.57. The van der Waals surface area contributed by atoms with E-state index < -0.39 is 0 Å². The van der Waals surface area contributed by atoms with Crippen molar-refractivity contribution in [2.75, 3.05) is 9.80 Å². The minimum Gasteiger partial charge on any atom is -0.333 e. The summed E-state index contributed by atoms with van der Waals surface area (Å²) in [6, 6.07) is 50.0. The van der Waals surface area contributed by atoms with E-state index in [0.29, 0.717) is 11.8 Å². The van der Waals surface area contributed by atoms with Crippen molar-refractivity contribution in [1.29, 1.82) is 0 Å². The van der Waals surface area contributed by atoms with Gasteiger partial charge >= 0.3 is 0 Å². The average molecular weight is 669 g/mol. The van der Waals surface area contributed by atoms with Crippen molar-refractivity contribution in [2.45, 2.75) is 37.1 Å². The van der Waals surface area contributed by atoms with Crippen LogP contribution in [0.5, 0.6) is 0 Å². The molecule has 3 atom stereocenters. The molecule has 6 aromatic carbocycles. The summed E-state index contributed by atoms with van der Waals surface area (Å²) >= 11 is 0. The third-order valence-electron chi connectivity index (χ3n) is 11.3. The Labute approximate surface area is 306 Å². The van der Waals surface area contributed by atoms with Gasteiger partial charge in [0, 0.05) is 40.3 Å². The van der Waals surface area contributed by atoms with Crippen LogP contribution in [-0.2, 0) is 0 Å². The van der Waals surface area contributed by atoms with Crippen LogP contribution in [0, 0.1) is 0 Å². The summed E-state index contributed by atoms with van der Waals surface area (Å²) in [5.74, 6) is 0.709. The molecule has 0 radical (unpaired) electrons. The standard InChI is InChI=1S/C50H40N2/c1-3-11-35(12-4-1)37-21-27-43(28-22-37)51(44-29-23-38(24-30-44)41-20-19-36-13-7-8-14-40(36)33-41)45-31-25-39-26-32-47-46-17-9-10-18-49(46)52(50(47)48(39)34-45)42-15-5-2-6-16-42/h1,3-5,7-11,13-35,47,50H,2,6,12H2. The van der Waals surface area contributed by atoms with Crippen molar-refractivity contribution in [1.82, 2.24) is 0 Å². The highest BCUT2D eigenvalue weighted by Gasteiger charge is 2.42. The Bertz CT molecular complexity index is 2460. The quantitative estimate of drug-likeness (QED) is 0.174. The largest absolute Gasteiger partial charge is 0.333 e. The molecule has 0 saturated carbocycles. The molecule has 0 fully saturated rings. The summed E-state index contributed by atoms with van der Waals surface area (Å²) in [6.45, 7) is 0. The lowest BCUT2D eigenvalue weighted by molar-refractivity contribution is 0.651. The Morgan fingerprint density at radius 1 is 0.558 bits per heavy atom. The lowest BCUT2D eigenvalue weighted by Gasteiger charge is -2.35. The van der Waals surface area contributed by atoms with Gasteiger partial charge in [-0.05, 0) is 118 Å².